The molecule has 10 heteroatoms. The lowest BCUT2D eigenvalue weighted by Crippen LogP contribution is -2.44. The topological polar surface area (TPSA) is 114 Å². The molecule has 130 valence electrons. The first-order valence-electron chi connectivity index (χ1n) is 7.08. The predicted octanol–water partition coefficient (Wildman–Crippen LogP) is 0.986. The number of carbonyl (C=O) groups excluding carboxylic acids is 1. The van der Waals surface area contributed by atoms with Crippen molar-refractivity contribution >= 4 is 27.5 Å². The zero-order valence-electron chi connectivity index (χ0n) is 13.1. The van der Waals surface area contributed by atoms with Gasteiger partial charge in [0.2, 0.25) is 27.6 Å². The van der Waals surface area contributed by atoms with E-state index in [0.717, 1.165) is 11.8 Å². The van der Waals surface area contributed by atoms with Crippen LogP contribution in [-0.2, 0) is 21.2 Å². The summed E-state index contributed by atoms with van der Waals surface area (Å²) >= 11 is 5.82. The van der Waals surface area contributed by atoms with Crippen LogP contribution in [0.15, 0.2) is 28.8 Å². The minimum absolute atomic E-state index is 0.247. The fourth-order valence-electron chi connectivity index (χ4n) is 1.89. The van der Waals surface area contributed by atoms with Gasteiger partial charge in [0, 0.05) is 23.6 Å². The van der Waals surface area contributed by atoms with Crippen LogP contribution in [0.5, 0.6) is 0 Å². The van der Waals surface area contributed by atoms with Gasteiger partial charge < -0.3 is 9.84 Å². The number of hydrogen-bond acceptors (Lipinski definition) is 6. The molecule has 2 aromatic rings. The molecule has 1 aromatic heterocycles. The molecule has 1 heterocycles. The number of carbonyl (C=O) groups is 1. The molecular weight excluding hydrogens is 356 g/mol. The number of amides is 1. The smallest absolute Gasteiger partial charge is 0.237 e. The molecule has 1 amide bonds. The molecule has 0 unspecified atom stereocenters. The Balaban J connectivity index is 1.85. The highest BCUT2D eigenvalue weighted by Crippen LogP contribution is 2.18. The van der Waals surface area contributed by atoms with E-state index in [1.165, 1.54) is 6.92 Å². The number of sulfonamides is 1. The van der Waals surface area contributed by atoms with E-state index in [1.54, 1.807) is 24.3 Å². The maximum absolute atomic E-state index is 11.8. The van der Waals surface area contributed by atoms with Gasteiger partial charge in [0.15, 0.2) is 0 Å². The molecule has 0 fully saturated rings. The second-order valence-corrected chi connectivity index (χ2v) is 7.39. The lowest BCUT2D eigenvalue weighted by atomic mass is 10.2. The minimum Gasteiger partial charge on any atom is -0.354 e. The van der Waals surface area contributed by atoms with Crippen LogP contribution >= 0.6 is 11.6 Å². The van der Waals surface area contributed by atoms with E-state index in [4.69, 9.17) is 16.1 Å². The van der Waals surface area contributed by atoms with Gasteiger partial charge in [0.25, 0.3) is 0 Å². The van der Waals surface area contributed by atoms with Crippen LogP contribution in [0.25, 0.3) is 11.4 Å². The van der Waals surface area contributed by atoms with Gasteiger partial charge in [-0.15, -0.1) is 0 Å². The van der Waals surface area contributed by atoms with Gasteiger partial charge in [-0.1, -0.05) is 16.8 Å². The molecule has 8 nitrogen and oxygen atoms in total. The van der Waals surface area contributed by atoms with E-state index >= 15 is 0 Å². The Morgan fingerprint density at radius 2 is 2.00 bits per heavy atom. The van der Waals surface area contributed by atoms with Gasteiger partial charge in [-0.25, -0.2) is 13.1 Å². The lowest BCUT2D eigenvalue weighted by molar-refractivity contribution is -0.122. The Morgan fingerprint density at radius 3 is 2.62 bits per heavy atom. The van der Waals surface area contributed by atoms with Gasteiger partial charge in [-0.05, 0) is 31.2 Å². The van der Waals surface area contributed by atoms with E-state index < -0.39 is 22.0 Å². The van der Waals surface area contributed by atoms with E-state index in [2.05, 4.69) is 20.2 Å². The summed E-state index contributed by atoms with van der Waals surface area (Å²) in [6.07, 6.45) is 1.32. The van der Waals surface area contributed by atoms with Crippen LogP contribution < -0.4 is 10.0 Å². The zero-order valence-corrected chi connectivity index (χ0v) is 14.7. The van der Waals surface area contributed by atoms with E-state index in [9.17, 15) is 13.2 Å². The lowest BCUT2D eigenvalue weighted by Gasteiger charge is -2.11. The van der Waals surface area contributed by atoms with Crippen LogP contribution in [0.2, 0.25) is 5.02 Å². The zero-order chi connectivity index (χ0) is 17.7. The first kappa shape index (κ1) is 18.4. The fraction of sp³-hybridized carbons (Fsp3) is 0.357. The van der Waals surface area contributed by atoms with Gasteiger partial charge >= 0.3 is 0 Å². The summed E-state index contributed by atoms with van der Waals surface area (Å²) in [7, 11) is -3.44. The molecule has 1 atom stereocenters. The largest absolute Gasteiger partial charge is 0.354 e. The Hall–Kier alpha value is -1.97. The summed E-state index contributed by atoms with van der Waals surface area (Å²) < 4.78 is 29.4. The number of nitrogens with zero attached hydrogens (tertiary/aromatic N) is 2. The number of benzene rings is 1. The van der Waals surface area contributed by atoms with Crippen molar-refractivity contribution < 1.29 is 17.7 Å². The summed E-state index contributed by atoms with van der Waals surface area (Å²) in [4.78, 5) is 16.0. The molecule has 0 saturated carbocycles. The highest BCUT2D eigenvalue weighted by molar-refractivity contribution is 7.88. The van der Waals surface area contributed by atoms with E-state index in [1.807, 2.05) is 0 Å². The van der Waals surface area contributed by atoms with Crippen LogP contribution in [0.4, 0.5) is 0 Å². The molecule has 0 aliphatic rings. The molecule has 0 radical (unpaired) electrons. The molecule has 1 aromatic carbocycles. The van der Waals surface area contributed by atoms with Crippen LogP contribution in [0, 0.1) is 0 Å². The second-order valence-electron chi connectivity index (χ2n) is 5.17. The fourth-order valence-corrected chi connectivity index (χ4v) is 2.77. The number of halogens is 1. The van der Waals surface area contributed by atoms with Crippen LogP contribution in [0.3, 0.4) is 0 Å². The van der Waals surface area contributed by atoms with E-state index in [0.29, 0.717) is 23.2 Å². The molecule has 24 heavy (non-hydrogen) atoms. The maximum Gasteiger partial charge on any atom is 0.237 e. The molecule has 0 bridgehead atoms. The number of hydrogen-bond donors (Lipinski definition) is 2. The Labute approximate surface area is 144 Å². The van der Waals surface area contributed by atoms with Gasteiger partial charge in [-0.3, -0.25) is 4.79 Å². The third kappa shape index (κ3) is 5.59. The summed E-state index contributed by atoms with van der Waals surface area (Å²) in [6, 6.07) is 6.15. The molecule has 0 saturated heterocycles. The average Bonchev–Trinajstić information content (AvgIpc) is 2.95. The number of nitrogens with one attached hydrogen (secondary N) is 2. The summed E-state index contributed by atoms with van der Waals surface area (Å²) in [5.74, 6) is 0.363. The van der Waals surface area contributed by atoms with Gasteiger partial charge in [-0.2, -0.15) is 4.98 Å². The SMILES string of the molecule is C[C@H](NS(C)(=O)=O)C(=O)NCCc1nc(-c2ccc(Cl)cc2)no1. The Bertz CT molecular complexity index is 804. The summed E-state index contributed by atoms with van der Waals surface area (Å²) in [5.41, 5.74) is 0.768. The van der Waals surface area contributed by atoms with Gasteiger partial charge in [0.05, 0.1) is 12.3 Å². The van der Waals surface area contributed by atoms with Crippen molar-refractivity contribution in [2.45, 2.75) is 19.4 Å². The normalized spacial score (nSPS) is 12.8. The van der Waals surface area contributed by atoms with Crippen LogP contribution in [-0.4, -0.2) is 43.3 Å². The number of aromatic nitrogens is 2. The van der Waals surface area contributed by atoms with Crippen molar-refractivity contribution in [3.63, 3.8) is 0 Å². The molecule has 0 aliphatic heterocycles. The summed E-state index contributed by atoms with van der Waals surface area (Å²) in [6.45, 7) is 1.71. The molecule has 0 aliphatic carbocycles. The third-order valence-electron chi connectivity index (χ3n) is 2.99. The molecule has 0 spiro atoms. The first-order chi connectivity index (χ1) is 11.2. The molecular formula is C14H17ClN4O4S. The Kier molecular flexibility index (Phi) is 5.92. The number of rotatable bonds is 7. The van der Waals surface area contributed by atoms with Crippen molar-refractivity contribution in [3.8, 4) is 11.4 Å². The van der Waals surface area contributed by atoms with E-state index in [-0.39, 0.29) is 6.54 Å². The predicted molar refractivity (Wildman–Crippen MR) is 88.9 cm³/mol. The molecule has 2 N–H and O–H groups in total. The highest BCUT2D eigenvalue weighted by atomic mass is 35.5. The highest BCUT2D eigenvalue weighted by Gasteiger charge is 2.16. The van der Waals surface area contributed by atoms with Crippen molar-refractivity contribution in [1.82, 2.24) is 20.2 Å². The average molecular weight is 373 g/mol. The first-order valence-corrected chi connectivity index (χ1v) is 9.35. The third-order valence-corrected chi connectivity index (χ3v) is 4.03. The van der Waals surface area contributed by atoms with Crippen molar-refractivity contribution in [2.75, 3.05) is 12.8 Å². The summed E-state index contributed by atoms with van der Waals surface area (Å²) in [5, 5.41) is 7.08. The standard InChI is InChI=1S/C14H17ClN4O4S/c1-9(19-24(2,21)22)14(20)16-8-7-12-17-13(18-23-12)10-3-5-11(15)6-4-10/h3-6,9,19H,7-8H2,1-2H3,(H,16,20)/t9-/m0/s1. The maximum atomic E-state index is 11.8. The van der Waals surface area contributed by atoms with Gasteiger partial charge in [0.1, 0.15) is 0 Å². The molecule has 2 rings (SSSR count). The van der Waals surface area contributed by atoms with Crippen molar-refractivity contribution in [2.24, 2.45) is 0 Å². The minimum atomic E-state index is -3.44. The monoisotopic (exact) mass is 372 g/mol. The Morgan fingerprint density at radius 1 is 1.33 bits per heavy atom. The second kappa shape index (κ2) is 7.73. The van der Waals surface area contributed by atoms with Crippen molar-refractivity contribution in [3.05, 3.63) is 35.2 Å². The van der Waals surface area contributed by atoms with Crippen LogP contribution in [0.1, 0.15) is 12.8 Å². The quantitative estimate of drug-likeness (QED) is 0.749. The van der Waals surface area contributed by atoms with Crippen molar-refractivity contribution in [1.29, 1.82) is 0 Å².